The van der Waals surface area contributed by atoms with E-state index in [1.807, 2.05) is 20.8 Å². The lowest BCUT2D eigenvalue weighted by Gasteiger charge is -2.36. The van der Waals surface area contributed by atoms with Crippen molar-refractivity contribution < 1.29 is 28.2 Å². The number of fused-ring (bicyclic) bond motifs is 1. The normalized spacial score (nSPS) is 21.2. The largest absolute Gasteiger partial charge is 0.497 e. The topological polar surface area (TPSA) is 61.8 Å². The number of alkyl halides is 1. The molecule has 5 nitrogen and oxygen atoms in total. The summed E-state index contributed by atoms with van der Waals surface area (Å²) in [5, 5.41) is 0. The third-order valence-electron chi connectivity index (χ3n) is 5.02. The molecule has 0 radical (unpaired) electrons. The third-order valence-corrected chi connectivity index (χ3v) is 5.02. The molecule has 1 aliphatic rings. The minimum atomic E-state index is -2.99. The first kappa shape index (κ1) is 20.8. The van der Waals surface area contributed by atoms with Gasteiger partial charge in [-0.1, -0.05) is 39.0 Å². The summed E-state index contributed by atoms with van der Waals surface area (Å²) in [7, 11) is 1.51. The second kappa shape index (κ2) is 7.50. The molecule has 0 saturated heterocycles. The van der Waals surface area contributed by atoms with Gasteiger partial charge >= 0.3 is 11.6 Å². The minimum Gasteiger partial charge on any atom is -0.497 e. The lowest BCUT2D eigenvalue weighted by molar-refractivity contribution is -0.160. The van der Waals surface area contributed by atoms with Crippen LogP contribution in [-0.4, -0.2) is 31.1 Å². The average Bonchev–Trinajstić information content (AvgIpc) is 2.70. The SMILES string of the molecule is CCOC(=O)[C@]1(F)C(=O)c2ccc(C(C)(C)C)cc2O[C@@H]1c1ccc(OC)cc1. The number of Topliss-reactive ketones (excluding diaryl/α,β-unsaturated/α-hetero) is 1. The van der Waals surface area contributed by atoms with E-state index < -0.39 is 23.5 Å². The van der Waals surface area contributed by atoms with E-state index in [1.165, 1.54) is 13.2 Å². The standard InChI is InChI=1S/C23H25FO5/c1-6-28-21(26)23(24)19(25)17-12-9-15(22(2,3)4)13-18(17)29-20(23)14-7-10-16(27-5)11-8-14/h7-13,20H,6H2,1-5H3/t20-,23+/m1/s1. The van der Waals surface area contributed by atoms with E-state index in [1.54, 1.807) is 43.3 Å². The molecule has 0 fully saturated rings. The second-order valence-corrected chi connectivity index (χ2v) is 7.99. The highest BCUT2D eigenvalue weighted by molar-refractivity contribution is 6.18. The van der Waals surface area contributed by atoms with Crippen molar-refractivity contribution in [1.29, 1.82) is 0 Å². The summed E-state index contributed by atoms with van der Waals surface area (Å²) in [5.74, 6) is -1.40. The molecule has 0 aromatic heterocycles. The van der Waals surface area contributed by atoms with Gasteiger partial charge in [0.05, 0.1) is 19.3 Å². The molecule has 0 aliphatic carbocycles. The fraction of sp³-hybridized carbons (Fsp3) is 0.391. The van der Waals surface area contributed by atoms with E-state index in [2.05, 4.69) is 0 Å². The Hall–Kier alpha value is -2.89. The molecule has 1 heterocycles. The van der Waals surface area contributed by atoms with Crippen molar-refractivity contribution in [3.63, 3.8) is 0 Å². The number of hydrogen-bond acceptors (Lipinski definition) is 5. The summed E-state index contributed by atoms with van der Waals surface area (Å²) in [6.45, 7) is 7.58. The van der Waals surface area contributed by atoms with Crippen LogP contribution in [0.1, 0.15) is 55.3 Å². The lowest BCUT2D eigenvalue weighted by atomic mass is 9.80. The Kier molecular flexibility index (Phi) is 5.39. The molecule has 0 bridgehead atoms. The van der Waals surface area contributed by atoms with E-state index in [4.69, 9.17) is 14.2 Å². The van der Waals surface area contributed by atoms with Gasteiger partial charge in [-0.15, -0.1) is 0 Å². The summed E-state index contributed by atoms with van der Waals surface area (Å²) < 4.78 is 32.1. The van der Waals surface area contributed by atoms with Gasteiger partial charge in [-0.05, 0) is 47.7 Å². The van der Waals surface area contributed by atoms with Crippen molar-refractivity contribution >= 4 is 11.8 Å². The van der Waals surface area contributed by atoms with Crippen molar-refractivity contribution in [3.05, 3.63) is 59.2 Å². The Bertz CT molecular complexity index is 929. The summed E-state index contributed by atoms with van der Waals surface area (Å²) >= 11 is 0. The van der Waals surface area contributed by atoms with Gasteiger partial charge in [0, 0.05) is 0 Å². The van der Waals surface area contributed by atoms with Gasteiger partial charge in [-0.25, -0.2) is 9.18 Å². The Morgan fingerprint density at radius 3 is 2.38 bits per heavy atom. The Morgan fingerprint density at radius 1 is 1.17 bits per heavy atom. The van der Waals surface area contributed by atoms with E-state index in [0.29, 0.717) is 11.3 Å². The van der Waals surface area contributed by atoms with Crippen LogP contribution in [-0.2, 0) is 14.9 Å². The maximum Gasteiger partial charge on any atom is 0.356 e. The highest BCUT2D eigenvalue weighted by atomic mass is 19.1. The van der Waals surface area contributed by atoms with Crippen LogP contribution >= 0.6 is 0 Å². The van der Waals surface area contributed by atoms with Crippen molar-refractivity contribution in [2.24, 2.45) is 0 Å². The van der Waals surface area contributed by atoms with E-state index in [0.717, 1.165) is 5.56 Å². The zero-order chi connectivity index (χ0) is 21.4. The first-order chi connectivity index (χ1) is 13.6. The van der Waals surface area contributed by atoms with Crippen LogP contribution in [0.3, 0.4) is 0 Å². The Labute approximate surface area is 169 Å². The molecule has 1 aliphatic heterocycles. The number of benzene rings is 2. The molecule has 0 amide bonds. The number of ketones is 1. The first-order valence-corrected chi connectivity index (χ1v) is 9.49. The first-order valence-electron chi connectivity index (χ1n) is 9.49. The summed E-state index contributed by atoms with van der Waals surface area (Å²) in [6, 6.07) is 11.4. The molecule has 154 valence electrons. The number of carbonyl (C=O) groups excluding carboxylic acids is 2. The Morgan fingerprint density at radius 2 is 1.83 bits per heavy atom. The zero-order valence-electron chi connectivity index (χ0n) is 17.2. The predicted octanol–water partition coefficient (Wildman–Crippen LogP) is 4.58. The van der Waals surface area contributed by atoms with Crippen LogP contribution < -0.4 is 9.47 Å². The minimum absolute atomic E-state index is 0.0262. The summed E-state index contributed by atoms with van der Waals surface area (Å²) in [6.07, 6.45) is -1.47. The van der Waals surface area contributed by atoms with Crippen molar-refractivity contribution in [3.8, 4) is 11.5 Å². The number of rotatable bonds is 4. The number of hydrogen-bond donors (Lipinski definition) is 0. The van der Waals surface area contributed by atoms with Crippen molar-refractivity contribution in [2.45, 2.75) is 44.9 Å². The Balaban J connectivity index is 2.15. The third kappa shape index (κ3) is 3.59. The number of methoxy groups -OCH3 is 1. The fourth-order valence-electron chi connectivity index (χ4n) is 3.31. The van der Waals surface area contributed by atoms with Gasteiger partial charge in [0.15, 0.2) is 6.10 Å². The van der Waals surface area contributed by atoms with Crippen LogP contribution in [0.15, 0.2) is 42.5 Å². The van der Waals surface area contributed by atoms with Crippen molar-refractivity contribution in [1.82, 2.24) is 0 Å². The van der Waals surface area contributed by atoms with Gasteiger partial charge in [0.1, 0.15) is 11.5 Å². The molecule has 2 atom stereocenters. The number of carbonyl (C=O) groups is 2. The molecule has 0 unspecified atom stereocenters. The van der Waals surface area contributed by atoms with Crippen LogP contribution in [0.4, 0.5) is 4.39 Å². The number of esters is 1. The average molecular weight is 400 g/mol. The molecule has 2 aromatic rings. The molecular formula is C23H25FO5. The smallest absolute Gasteiger partial charge is 0.356 e. The number of halogens is 1. The molecule has 2 aromatic carbocycles. The lowest BCUT2D eigenvalue weighted by Crippen LogP contribution is -2.53. The number of ether oxygens (including phenoxy) is 3. The van der Waals surface area contributed by atoms with Crippen LogP contribution in [0.25, 0.3) is 0 Å². The molecule has 3 rings (SSSR count). The van der Waals surface area contributed by atoms with Gasteiger partial charge in [-0.2, -0.15) is 0 Å². The maximum absolute atomic E-state index is 16.1. The molecule has 0 N–H and O–H groups in total. The van der Waals surface area contributed by atoms with Gasteiger partial charge in [-0.3, -0.25) is 4.79 Å². The van der Waals surface area contributed by atoms with Crippen LogP contribution in [0.5, 0.6) is 11.5 Å². The van der Waals surface area contributed by atoms with E-state index in [9.17, 15) is 9.59 Å². The van der Waals surface area contributed by atoms with Gasteiger partial charge in [0.25, 0.3) is 0 Å². The quantitative estimate of drug-likeness (QED) is 0.555. The molecule has 0 spiro atoms. The summed E-state index contributed by atoms with van der Waals surface area (Å²) in [5.41, 5.74) is -1.89. The molecule has 0 saturated carbocycles. The molecule has 6 heteroatoms. The highest BCUT2D eigenvalue weighted by Crippen LogP contribution is 2.45. The van der Waals surface area contributed by atoms with Gasteiger partial charge in [0.2, 0.25) is 5.78 Å². The zero-order valence-corrected chi connectivity index (χ0v) is 17.2. The van der Waals surface area contributed by atoms with E-state index >= 15 is 4.39 Å². The van der Waals surface area contributed by atoms with Crippen LogP contribution in [0.2, 0.25) is 0 Å². The monoisotopic (exact) mass is 400 g/mol. The second-order valence-electron chi connectivity index (χ2n) is 7.99. The highest BCUT2D eigenvalue weighted by Gasteiger charge is 2.60. The molecular weight excluding hydrogens is 375 g/mol. The van der Waals surface area contributed by atoms with Crippen molar-refractivity contribution in [2.75, 3.05) is 13.7 Å². The fourth-order valence-corrected chi connectivity index (χ4v) is 3.31. The van der Waals surface area contributed by atoms with Crippen LogP contribution in [0, 0.1) is 0 Å². The predicted molar refractivity (Wildman–Crippen MR) is 106 cm³/mol. The molecule has 29 heavy (non-hydrogen) atoms. The summed E-state index contributed by atoms with van der Waals surface area (Å²) in [4.78, 5) is 25.7. The van der Waals surface area contributed by atoms with E-state index in [-0.39, 0.29) is 23.3 Å². The maximum atomic E-state index is 16.1. The van der Waals surface area contributed by atoms with Gasteiger partial charge < -0.3 is 14.2 Å².